The monoisotopic (exact) mass is 298 g/mol. The molecule has 0 spiro atoms. The molecule has 0 N–H and O–H groups in total. The van der Waals surface area contributed by atoms with Gasteiger partial charge in [-0.15, -0.1) is 12.0 Å². The predicted molar refractivity (Wildman–Crippen MR) is 96.8 cm³/mol. The van der Waals surface area contributed by atoms with Crippen LogP contribution in [0.4, 0.5) is 0 Å². The molecule has 0 unspecified atom stereocenters. The molecule has 0 amide bonds. The van der Waals surface area contributed by atoms with E-state index in [1.54, 1.807) is 0 Å². The molecule has 0 aliphatic carbocycles. The second kappa shape index (κ2) is 5.65. The van der Waals surface area contributed by atoms with E-state index >= 15 is 0 Å². The maximum absolute atomic E-state index is 5.62. The van der Waals surface area contributed by atoms with Crippen LogP contribution in [0.3, 0.4) is 0 Å². The maximum atomic E-state index is 5.62. The van der Waals surface area contributed by atoms with Gasteiger partial charge in [0.15, 0.2) is 9.52 Å². The molecule has 0 aliphatic rings. The van der Waals surface area contributed by atoms with E-state index in [-0.39, 0.29) is 16.2 Å². The lowest BCUT2D eigenvalue weighted by Crippen LogP contribution is -2.35. The van der Waals surface area contributed by atoms with Gasteiger partial charge in [-0.05, 0) is 38.1 Å². The van der Waals surface area contributed by atoms with Gasteiger partial charge >= 0.3 is 0 Å². The van der Waals surface area contributed by atoms with Crippen LogP contribution in [0.2, 0.25) is 0 Å². The first kappa shape index (κ1) is 18.0. The van der Waals surface area contributed by atoms with E-state index in [1.807, 2.05) is 0 Å². The third-order valence-corrected chi connectivity index (χ3v) is 4.55. The van der Waals surface area contributed by atoms with E-state index in [0.717, 1.165) is 0 Å². The summed E-state index contributed by atoms with van der Waals surface area (Å²) in [5.74, 6) is 0. The Labute approximate surface area is 134 Å². The van der Waals surface area contributed by atoms with Crippen molar-refractivity contribution < 1.29 is 0 Å². The van der Waals surface area contributed by atoms with Gasteiger partial charge in [0, 0.05) is 0 Å². The van der Waals surface area contributed by atoms with E-state index in [2.05, 4.69) is 80.0 Å². The van der Waals surface area contributed by atoms with Gasteiger partial charge in [-0.25, -0.2) is 0 Å². The second-order valence-corrected chi connectivity index (χ2v) is 10.0. The lowest BCUT2D eigenvalue weighted by atomic mass is 9.69. The molecule has 114 valence electrons. The summed E-state index contributed by atoms with van der Waals surface area (Å²) in [6.45, 7) is 20.7. The summed E-state index contributed by atoms with van der Waals surface area (Å²) < 4.78 is 0. The fourth-order valence-electron chi connectivity index (χ4n) is 2.97. The molecule has 1 rings (SSSR count). The Morgan fingerprint density at radius 2 is 1.24 bits per heavy atom. The quantitative estimate of drug-likeness (QED) is 0.529. The van der Waals surface area contributed by atoms with Crippen molar-refractivity contribution in [3.05, 3.63) is 28.8 Å². The SMILES string of the molecule is C#C[Si]c1ccc(C(C)(C)C)c(C(C)(C)C)c1C(C)(C)C. The molecule has 1 heteroatoms. The fraction of sp³-hybridized carbons (Fsp3) is 0.600. The summed E-state index contributed by atoms with van der Waals surface area (Å²) in [4.78, 5) is 0. The maximum Gasteiger partial charge on any atom is 0.186 e. The third-order valence-electron chi connectivity index (χ3n) is 3.72. The predicted octanol–water partition coefficient (Wildman–Crippen LogP) is 4.50. The molecule has 0 saturated carbocycles. The van der Waals surface area contributed by atoms with Crippen LogP contribution < -0.4 is 5.19 Å². The van der Waals surface area contributed by atoms with Crippen LogP contribution in [0, 0.1) is 12.0 Å². The van der Waals surface area contributed by atoms with Crippen LogP contribution in [0.25, 0.3) is 0 Å². The highest BCUT2D eigenvalue weighted by atomic mass is 28.2. The van der Waals surface area contributed by atoms with E-state index in [4.69, 9.17) is 6.42 Å². The highest BCUT2D eigenvalue weighted by Crippen LogP contribution is 2.39. The fourth-order valence-corrected chi connectivity index (χ4v) is 3.91. The van der Waals surface area contributed by atoms with Gasteiger partial charge in [0.2, 0.25) is 0 Å². The smallest absolute Gasteiger partial charge is 0.133 e. The first-order valence-corrected chi connectivity index (χ1v) is 8.70. The third kappa shape index (κ3) is 4.01. The lowest BCUT2D eigenvalue weighted by molar-refractivity contribution is 0.500. The van der Waals surface area contributed by atoms with Gasteiger partial charge in [-0.2, -0.15) is 0 Å². The zero-order valence-electron chi connectivity index (χ0n) is 15.2. The minimum Gasteiger partial charge on any atom is -0.133 e. The summed E-state index contributed by atoms with van der Waals surface area (Å²) in [6.07, 6.45) is 5.62. The lowest BCUT2D eigenvalue weighted by Gasteiger charge is -2.37. The first-order valence-electron chi connectivity index (χ1n) is 7.70. The van der Waals surface area contributed by atoms with E-state index in [0.29, 0.717) is 9.52 Å². The Hall–Kier alpha value is -1.00. The van der Waals surface area contributed by atoms with Crippen molar-refractivity contribution in [2.75, 3.05) is 0 Å². The van der Waals surface area contributed by atoms with Gasteiger partial charge in [-0.1, -0.05) is 74.4 Å². The Morgan fingerprint density at radius 1 is 0.762 bits per heavy atom. The Bertz CT molecular complexity index is 552. The minimum absolute atomic E-state index is 0.100. The van der Waals surface area contributed by atoms with Crippen LogP contribution in [-0.4, -0.2) is 9.52 Å². The van der Waals surface area contributed by atoms with E-state index in [1.165, 1.54) is 21.9 Å². The molecule has 0 aliphatic heterocycles. The zero-order chi connectivity index (χ0) is 16.6. The summed E-state index contributed by atoms with van der Waals surface area (Å²) >= 11 is 0. The van der Waals surface area contributed by atoms with Gasteiger partial charge in [-0.3, -0.25) is 0 Å². The molecule has 2 radical (unpaired) electrons. The van der Waals surface area contributed by atoms with Gasteiger partial charge < -0.3 is 0 Å². The van der Waals surface area contributed by atoms with Gasteiger partial charge in [0.1, 0.15) is 0 Å². The molecule has 1 aromatic carbocycles. The molecule has 1 aromatic rings. The molecular weight excluding hydrogens is 268 g/mol. The summed E-state index contributed by atoms with van der Waals surface area (Å²) in [6, 6.07) is 4.56. The molecule has 0 fully saturated rings. The van der Waals surface area contributed by atoms with Crippen molar-refractivity contribution in [2.45, 2.75) is 78.6 Å². The van der Waals surface area contributed by atoms with E-state index < -0.39 is 0 Å². The number of rotatable bonds is 1. The molecule has 0 atom stereocenters. The van der Waals surface area contributed by atoms with E-state index in [9.17, 15) is 0 Å². The molecule has 0 saturated heterocycles. The Kier molecular flexibility index (Phi) is 4.86. The van der Waals surface area contributed by atoms with Gasteiger partial charge in [0.05, 0.1) is 0 Å². The summed E-state index contributed by atoms with van der Waals surface area (Å²) in [5.41, 5.74) is 7.61. The van der Waals surface area contributed by atoms with Crippen molar-refractivity contribution >= 4 is 14.7 Å². The average Bonchev–Trinajstić information content (AvgIpc) is 2.24. The summed E-state index contributed by atoms with van der Waals surface area (Å²) in [5, 5.41) is 1.34. The van der Waals surface area contributed by atoms with Crippen molar-refractivity contribution in [2.24, 2.45) is 0 Å². The van der Waals surface area contributed by atoms with Crippen molar-refractivity contribution in [1.82, 2.24) is 0 Å². The molecule has 0 aromatic heterocycles. The van der Waals surface area contributed by atoms with Crippen LogP contribution in [0.1, 0.15) is 79.0 Å². The van der Waals surface area contributed by atoms with Crippen LogP contribution in [-0.2, 0) is 16.2 Å². The minimum atomic E-state index is 0.100. The Balaban J connectivity index is 3.89. The van der Waals surface area contributed by atoms with Crippen LogP contribution in [0.15, 0.2) is 12.1 Å². The normalized spacial score (nSPS) is 13.1. The van der Waals surface area contributed by atoms with Gasteiger partial charge in [0.25, 0.3) is 0 Å². The van der Waals surface area contributed by atoms with Crippen LogP contribution in [0.5, 0.6) is 0 Å². The zero-order valence-corrected chi connectivity index (χ0v) is 16.2. The Morgan fingerprint density at radius 3 is 1.57 bits per heavy atom. The topological polar surface area (TPSA) is 0 Å². The molecule has 0 nitrogen and oxygen atoms in total. The molecule has 0 heterocycles. The highest BCUT2D eigenvalue weighted by Gasteiger charge is 2.33. The average molecular weight is 299 g/mol. The molecule has 21 heavy (non-hydrogen) atoms. The standard InChI is InChI=1S/C20H30Si/c1-11-21-15-13-12-14(18(2,3)4)16(19(5,6)7)17(15)20(8,9)10/h1,12-13H,2-10H3. The summed E-state index contributed by atoms with van der Waals surface area (Å²) in [7, 11) is 0.443. The number of terminal acetylenes is 1. The molecule has 0 bridgehead atoms. The van der Waals surface area contributed by atoms with Crippen molar-refractivity contribution in [3.63, 3.8) is 0 Å². The second-order valence-electron chi connectivity index (χ2n) is 8.93. The van der Waals surface area contributed by atoms with Crippen molar-refractivity contribution in [1.29, 1.82) is 0 Å². The highest BCUT2D eigenvalue weighted by molar-refractivity contribution is 6.62. The first-order chi connectivity index (χ1) is 9.30. The van der Waals surface area contributed by atoms with Crippen LogP contribution >= 0.6 is 0 Å². The number of benzene rings is 1. The number of hydrogen-bond acceptors (Lipinski definition) is 0. The largest absolute Gasteiger partial charge is 0.186 e. The molecular formula is C20H30Si. The van der Waals surface area contributed by atoms with Crippen molar-refractivity contribution in [3.8, 4) is 12.0 Å². The number of hydrogen-bond donors (Lipinski definition) is 0.